The van der Waals surface area contributed by atoms with E-state index in [2.05, 4.69) is 16.6 Å². The Kier molecular flexibility index (Phi) is 4.99. The number of nitrogens with one attached hydrogen (secondary N) is 1. The summed E-state index contributed by atoms with van der Waals surface area (Å²) in [4.78, 5) is 0.228. The smallest absolute Gasteiger partial charge is 0.241 e. The van der Waals surface area contributed by atoms with Crippen LogP contribution in [0.3, 0.4) is 0 Å². The Balaban J connectivity index is 2.26. The van der Waals surface area contributed by atoms with E-state index in [1.54, 1.807) is 30.0 Å². The first-order chi connectivity index (χ1) is 9.92. The summed E-state index contributed by atoms with van der Waals surface area (Å²) < 4.78 is 27.8. The van der Waals surface area contributed by atoms with Gasteiger partial charge in [-0.3, -0.25) is 0 Å². The van der Waals surface area contributed by atoms with Gasteiger partial charge in [-0.05, 0) is 43.7 Å². The molecule has 114 valence electrons. The van der Waals surface area contributed by atoms with Gasteiger partial charge in [0.25, 0.3) is 0 Å². The van der Waals surface area contributed by atoms with Crippen LogP contribution in [0.25, 0.3) is 0 Å². The Morgan fingerprint density at radius 2 is 2.14 bits per heavy atom. The van der Waals surface area contributed by atoms with Gasteiger partial charge in [-0.15, -0.1) is 0 Å². The van der Waals surface area contributed by atoms with Gasteiger partial charge in [0.05, 0.1) is 11.4 Å². The number of aryl methyl sites for hydroxylation is 1. The molecule has 3 N–H and O–H groups in total. The first-order valence-electron chi connectivity index (χ1n) is 6.77. The minimum absolute atomic E-state index is 0.0842. The summed E-state index contributed by atoms with van der Waals surface area (Å²) in [5.41, 5.74) is 6.85. The standard InChI is InChI=1S/C15H20N2O2S2/c1-12-5-6-14(13(10-12)4-3-9-16)21(18,19)17-11-15(20-2)7-8-15/h5-6,10,17H,7-9,11,16H2,1-2H3. The highest BCUT2D eigenvalue weighted by molar-refractivity contribution is 8.00. The molecule has 2 rings (SSSR count). The van der Waals surface area contributed by atoms with Crippen molar-refractivity contribution < 1.29 is 8.42 Å². The van der Waals surface area contributed by atoms with Gasteiger partial charge in [0, 0.05) is 16.9 Å². The van der Waals surface area contributed by atoms with E-state index in [9.17, 15) is 8.42 Å². The molecule has 0 spiro atoms. The molecule has 1 aliphatic carbocycles. The number of sulfonamides is 1. The molecule has 0 heterocycles. The minimum Gasteiger partial charge on any atom is -0.320 e. The van der Waals surface area contributed by atoms with E-state index in [0.29, 0.717) is 12.1 Å². The van der Waals surface area contributed by atoms with Crippen molar-refractivity contribution in [3.63, 3.8) is 0 Å². The Labute approximate surface area is 130 Å². The molecule has 0 unspecified atom stereocenters. The molecule has 0 saturated heterocycles. The first-order valence-corrected chi connectivity index (χ1v) is 9.48. The third-order valence-electron chi connectivity index (χ3n) is 3.57. The van der Waals surface area contributed by atoms with Crippen LogP contribution in [0.4, 0.5) is 0 Å². The lowest BCUT2D eigenvalue weighted by Gasteiger charge is -2.14. The van der Waals surface area contributed by atoms with E-state index in [-0.39, 0.29) is 16.2 Å². The van der Waals surface area contributed by atoms with Gasteiger partial charge in [-0.25, -0.2) is 13.1 Å². The van der Waals surface area contributed by atoms with Crippen molar-refractivity contribution in [3.05, 3.63) is 29.3 Å². The lowest BCUT2D eigenvalue weighted by molar-refractivity contribution is 0.579. The van der Waals surface area contributed by atoms with Crippen molar-refractivity contribution in [1.82, 2.24) is 4.72 Å². The number of nitrogens with two attached hydrogens (primary N) is 1. The van der Waals surface area contributed by atoms with Gasteiger partial charge >= 0.3 is 0 Å². The normalized spacial score (nSPS) is 16.1. The lowest BCUT2D eigenvalue weighted by Crippen LogP contribution is -2.32. The maximum Gasteiger partial charge on any atom is 0.241 e. The van der Waals surface area contributed by atoms with E-state index < -0.39 is 10.0 Å². The molecule has 0 bridgehead atoms. The second-order valence-corrected chi connectivity index (χ2v) is 8.23. The first kappa shape index (κ1) is 16.4. The highest BCUT2D eigenvalue weighted by atomic mass is 32.2. The van der Waals surface area contributed by atoms with Crippen LogP contribution in [0.5, 0.6) is 0 Å². The fraction of sp³-hybridized carbons (Fsp3) is 0.467. The van der Waals surface area contributed by atoms with Crippen molar-refractivity contribution in [2.24, 2.45) is 5.73 Å². The topological polar surface area (TPSA) is 72.2 Å². The van der Waals surface area contributed by atoms with Crippen LogP contribution in [0.15, 0.2) is 23.1 Å². The van der Waals surface area contributed by atoms with Crippen LogP contribution in [-0.4, -0.2) is 32.5 Å². The zero-order valence-electron chi connectivity index (χ0n) is 12.3. The van der Waals surface area contributed by atoms with E-state index in [1.165, 1.54) is 0 Å². The average molecular weight is 324 g/mol. The van der Waals surface area contributed by atoms with Crippen LogP contribution in [0.1, 0.15) is 24.0 Å². The van der Waals surface area contributed by atoms with E-state index in [0.717, 1.165) is 18.4 Å². The van der Waals surface area contributed by atoms with Gasteiger partial charge in [0.2, 0.25) is 10.0 Å². The molecule has 1 aromatic rings. The summed E-state index contributed by atoms with van der Waals surface area (Å²) in [5, 5.41) is 0. The molecule has 1 aliphatic rings. The van der Waals surface area contributed by atoms with Gasteiger partial charge in [-0.2, -0.15) is 11.8 Å². The highest BCUT2D eigenvalue weighted by Crippen LogP contribution is 2.46. The van der Waals surface area contributed by atoms with Gasteiger partial charge in [0.15, 0.2) is 0 Å². The summed E-state index contributed by atoms with van der Waals surface area (Å²) in [6, 6.07) is 5.17. The zero-order valence-corrected chi connectivity index (χ0v) is 13.9. The molecule has 1 saturated carbocycles. The average Bonchev–Trinajstić information content (AvgIpc) is 3.23. The van der Waals surface area contributed by atoms with Gasteiger partial charge < -0.3 is 5.73 Å². The molecule has 0 radical (unpaired) electrons. The fourth-order valence-corrected chi connectivity index (χ4v) is 4.11. The summed E-state index contributed by atoms with van der Waals surface area (Å²) in [5.74, 6) is 5.57. The van der Waals surface area contributed by atoms with Crippen molar-refractivity contribution in [1.29, 1.82) is 0 Å². The Morgan fingerprint density at radius 1 is 1.43 bits per heavy atom. The Morgan fingerprint density at radius 3 is 2.71 bits per heavy atom. The molecule has 1 fully saturated rings. The Bertz CT molecular complexity index is 683. The van der Waals surface area contributed by atoms with Crippen molar-refractivity contribution in [2.75, 3.05) is 19.3 Å². The van der Waals surface area contributed by atoms with Crippen molar-refractivity contribution in [2.45, 2.75) is 29.4 Å². The number of hydrogen-bond donors (Lipinski definition) is 2. The van der Waals surface area contributed by atoms with Crippen molar-refractivity contribution >= 4 is 21.8 Å². The predicted octanol–water partition coefficient (Wildman–Crippen LogP) is 1.48. The molecule has 6 heteroatoms. The van der Waals surface area contributed by atoms with Crippen molar-refractivity contribution in [3.8, 4) is 11.8 Å². The molecule has 1 aromatic carbocycles. The van der Waals surface area contributed by atoms with Gasteiger partial charge in [0.1, 0.15) is 0 Å². The number of rotatable bonds is 5. The monoisotopic (exact) mass is 324 g/mol. The maximum absolute atomic E-state index is 12.5. The van der Waals surface area contributed by atoms with Gasteiger partial charge in [-0.1, -0.05) is 17.9 Å². The molecule has 0 aromatic heterocycles. The number of benzene rings is 1. The fourth-order valence-electron chi connectivity index (χ4n) is 2.02. The molecule has 0 aliphatic heterocycles. The second-order valence-electron chi connectivity index (χ2n) is 5.22. The van der Waals surface area contributed by atoms with Crippen LogP contribution in [0.2, 0.25) is 0 Å². The third-order valence-corrected chi connectivity index (χ3v) is 6.45. The maximum atomic E-state index is 12.5. The quantitative estimate of drug-likeness (QED) is 0.805. The molecule has 4 nitrogen and oxygen atoms in total. The van der Waals surface area contributed by atoms with E-state index in [4.69, 9.17) is 5.73 Å². The second kappa shape index (κ2) is 6.41. The largest absolute Gasteiger partial charge is 0.320 e. The number of thioether (sulfide) groups is 1. The SMILES string of the molecule is CSC1(CNS(=O)(=O)c2ccc(C)cc2C#CCN)CC1. The summed E-state index contributed by atoms with van der Waals surface area (Å²) >= 11 is 1.72. The number of hydrogen-bond acceptors (Lipinski definition) is 4. The molecule has 0 atom stereocenters. The van der Waals surface area contributed by atoms with Crippen LogP contribution < -0.4 is 10.5 Å². The lowest BCUT2D eigenvalue weighted by atomic mass is 10.1. The van der Waals surface area contributed by atoms with E-state index >= 15 is 0 Å². The zero-order chi connectivity index (χ0) is 15.5. The van der Waals surface area contributed by atoms with Crippen LogP contribution >= 0.6 is 11.8 Å². The van der Waals surface area contributed by atoms with Crippen LogP contribution in [0, 0.1) is 18.8 Å². The molecular formula is C15H20N2O2S2. The van der Waals surface area contributed by atoms with E-state index in [1.807, 2.05) is 13.2 Å². The van der Waals surface area contributed by atoms with Crippen LogP contribution in [-0.2, 0) is 10.0 Å². The summed E-state index contributed by atoms with van der Waals surface area (Å²) in [6.45, 7) is 2.58. The molecule has 21 heavy (non-hydrogen) atoms. The Hall–Kier alpha value is -1.00. The molecular weight excluding hydrogens is 304 g/mol. The summed E-state index contributed by atoms with van der Waals surface area (Å²) in [6.07, 6.45) is 4.14. The minimum atomic E-state index is -3.55. The predicted molar refractivity (Wildman–Crippen MR) is 87.8 cm³/mol. The highest BCUT2D eigenvalue weighted by Gasteiger charge is 2.42. The third kappa shape index (κ3) is 4.01. The summed E-state index contributed by atoms with van der Waals surface area (Å²) in [7, 11) is -3.55. The molecule has 0 amide bonds.